The molecule has 0 radical (unpaired) electrons. The van der Waals surface area contributed by atoms with Crippen LogP contribution in [0.4, 0.5) is 30.5 Å². The molecule has 224 valence electrons. The van der Waals surface area contributed by atoms with Crippen molar-refractivity contribution in [3.63, 3.8) is 0 Å². The van der Waals surface area contributed by atoms with Gasteiger partial charge in [0.25, 0.3) is 5.91 Å². The predicted octanol–water partition coefficient (Wildman–Crippen LogP) is 4.05. The second-order valence-corrected chi connectivity index (χ2v) is 13.9. The summed E-state index contributed by atoms with van der Waals surface area (Å²) in [5, 5.41) is 6.57. The first kappa shape index (κ1) is 29.1. The molecule has 3 aromatic rings. The first-order chi connectivity index (χ1) is 19.9. The Morgan fingerprint density at radius 2 is 2.00 bits per heavy atom. The van der Waals surface area contributed by atoms with Gasteiger partial charge in [-0.05, 0) is 31.2 Å². The molecule has 0 bridgehead atoms. The van der Waals surface area contributed by atoms with Gasteiger partial charge in [0, 0.05) is 44.1 Å². The predicted molar refractivity (Wildman–Crippen MR) is 152 cm³/mol. The van der Waals surface area contributed by atoms with Crippen LogP contribution in [-0.2, 0) is 20.8 Å². The fourth-order valence-electron chi connectivity index (χ4n) is 5.11. The first-order valence-corrected chi connectivity index (χ1v) is 16.0. The van der Waals surface area contributed by atoms with Gasteiger partial charge in [0.2, 0.25) is 5.95 Å². The molecule has 5 heterocycles. The van der Waals surface area contributed by atoms with Crippen LogP contribution in [0.2, 0.25) is 5.02 Å². The zero-order chi connectivity index (χ0) is 29.8. The van der Waals surface area contributed by atoms with Crippen molar-refractivity contribution >= 4 is 56.0 Å². The van der Waals surface area contributed by atoms with Crippen molar-refractivity contribution in [3.8, 4) is 10.6 Å². The van der Waals surface area contributed by atoms with Gasteiger partial charge in [-0.15, -0.1) is 11.3 Å². The maximum atomic E-state index is 14.1. The highest BCUT2D eigenvalue weighted by atomic mass is 35.5. The van der Waals surface area contributed by atoms with Gasteiger partial charge in [-0.25, -0.2) is 18.4 Å². The second-order valence-electron chi connectivity index (χ2n) is 10.4. The molecule has 6 rings (SSSR count). The number of nitrogens with one attached hydrogen (secondary N) is 2. The normalized spacial score (nSPS) is 21.1. The van der Waals surface area contributed by atoms with Crippen LogP contribution < -0.4 is 15.5 Å². The maximum absolute atomic E-state index is 14.1. The molecule has 1 atom stereocenters. The van der Waals surface area contributed by atoms with E-state index < -0.39 is 33.2 Å². The van der Waals surface area contributed by atoms with Crippen LogP contribution in [-0.4, -0.2) is 86.4 Å². The molecule has 2 saturated heterocycles. The number of thiophene rings is 1. The van der Waals surface area contributed by atoms with Crippen LogP contribution in [0.3, 0.4) is 0 Å². The largest absolute Gasteiger partial charge is 0.420 e. The monoisotopic (exact) mass is 642 g/mol. The lowest BCUT2D eigenvalue weighted by Gasteiger charge is -2.36. The van der Waals surface area contributed by atoms with Gasteiger partial charge in [-0.2, -0.15) is 13.2 Å². The number of rotatable bonds is 5. The molecule has 1 aromatic carbocycles. The number of carbonyl (C=O) groups excluding carboxylic acids is 1. The minimum absolute atomic E-state index is 0.0193. The summed E-state index contributed by atoms with van der Waals surface area (Å²) in [5.41, 5.74) is -0.413. The first-order valence-electron chi connectivity index (χ1n) is 13.2. The molecular weight excluding hydrogens is 617 g/mol. The Morgan fingerprint density at radius 1 is 1.21 bits per heavy atom. The standard InChI is InChI=1S/C26H26ClF3N6O4S2/c1-14-11-35(5-4-31-14)15-2-3-19(18(27)8-15)33-25-32-10-17(26(28,29)30)22(34-25)20-9-21-23(41-20)24(37)36(16-12-40-13-16)6-7-42(21,38)39/h2-3,8-10,14,16,31H,4-7,11-13H2,1H3,(H,32,33,34). The minimum Gasteiger partial charge on any atom is -0.377 e. The Morgan fingerprint density at radius 3 is 2.67 bits per heavy atom. The summed E-state index contributed by atoms with van der Waals surface area (Å²) >= 11 is 7.20. The van der Waals surface area contributed by atoms with Crippen LogP contribution in [0, 0.1) is 0 Å². The average Bonchev–Trinajstić information content (AvgIpc) is 3.34. The van der Waals surface area contributed by atoms with Gasteiger partial charge >= 0.3 is 6.18 Å². The number of sulfone groups is 1. The van der Waals surface area contributed by atoms with Crippen LogP contribution in [0.15, 0.2) is 35.4 Å². The molecular formula is C26H26ClF3N6O4S2. The highest BCUT2D eigenvalue weighted by molar-refractivity contribution is 7.91. The highest BCUT2D eigenvalue weighted by Gasteiger charge is 2.41. The van der Waals surface area contributed by atoms with Gasteiger partial charge in [0.1, 0.15) is 10.4 Å². The van der Waals surface area contributed by atoms with Gasteiger partial charge < -0.3 is 25.2 Å². The number of carbonyl (C=O) groups is 1. The van der Waals surface area contributed by atoms with E-state index in [4.69, 9.17) is 16.3 Å². The molecule has 2 fully saturated rings. The Kier molecular flexibility index (Phi) is 7.58. The lowest BCUT2D eigenvalue weighted by atomic mass is 10.2. The lowest BCUT2D eigenvalue weighted by Crippen LogP contribution is -2.52. The summed E-state index contributed by atoms with van der Waals surface area (Å²) in [5.74, 6) is -1.07. The molecule has 3 aliphatic rings. The Bertz CT molecular complexity index is 1650. The summed E-state index contributed by atoms with van der Waals surface area (Å²) in [6, 6.07) is 6.44. The lowest BCUT2D eigenvalue weighted by molar-refractivity contribution is -0.137. The van der Waals surface area contributed by atoms with E-state index in [1.54, 1.807) is 12.1 Å². The van der Waals surface area contributed by atoms with E-state index >= 15 is 0 Å². The number of benzene rings is 1. The van der Waals surface area contributed by atoms with Gasteiger partial charge in [-0.3, -0.25) is 4.79 Å². The number of hydrogen-bond acceptors (Lipinski definition) is 10. The van der Waals surface area contributed by atoms with E-state index in [9.17, 15) is 26.4 Å². The van der Waals surface area contributed by atoms with E-state index in [1.807, 2.05) is 6.07 Å². The minimum atomic E-state index is -4.84. The molecule has 2 aromatic heterocycles. The summed E-state index contributed by atoms with van der Waals surface area (Å²) in [6.07, 6.45) is -4.21. The van der Waals surface area contributed by atoms with Crippen LogP contribution in [0.1, 0.15) is 22.2 Å². The number of aromatic nitrogens is 2. The Hall–Kier alpha value is -2.98. The maximum Gasteiger partial charge on any atom is 0.420 e. The van der Waals surface area contributed by atoms with E-state index in [0.717, 1.165) is 31.4 Å². The molecule has 0 spiro atoms. The third-order valence-electron chi connectivity index (χ3n) is 7.41. The molecule has 2 N–H and O–H groups in total. The molecule has 42 heavy (non-hydrogen) atoms. The summed E-state index contributed by atoms with van der Waals surface area (Å²) in [7, 11) is -3.94. The van der Waals surface area contributed by atoms with E-state index in [1.165, 1.54) is 4.90 Å². The number of alkyl halides is 3. The van der Waals surface area contributed by atoms with Crippen molar-refractivity contribution in [1.29, 1.82) is 0 Å². The molecule has 1 amide bonds. The van der Waals surface area contributed by atoms with Gasteiger partial charge in [0.05, 0.1) is 51.2 Å². The molecule has 1 unspecified atom stereocenters. The zero-order valence-electron chi connectivity index (χ0n) is 22.2. The van der Waals surface area contributed by atoms with Crippen molar-refractivity contribution in [2.75, 3.05) is 55.4 Å². The van der Waals surface area contributed by atoms with Crippen molar-refractivity contribution in [3.05, 3.63) is 45.9 Å². The number of hydrogen-bond donors (Lipinski definition) is 2. The number of amides is 1. The van der Waals surface area contributed by atoms with Crippen LogP contribution >= 0.6 is 22.9 Å². The fourth-order valence-corrected chi connectivity index (χ4v) is 8.25. The summed E-state index contributed by atoms with van der Waals surface area (Å²) in [4.78, 5) is 24.4. The van der Waals surface area contributed by atoms with Crippen molar-refractivity contribution in [1.82, 2.24) is 20.2 Å². The van der Waals surface area contributed by atoms with Gasteiger partial charge in [0.15, 0.2) is 9.84 Å². The molecule has 10 nitrogen and oxygen atoms in total. The highest BCUT2D eigenvalue weighted by Crippen LogP contribution is 2.42. The molecule has 3 aliphatic heterocycles. The second kappa shape index (κ2) is 10.9. The smallest absolute Gasteiger partial charge is 0.377 e. The van der Waals surface area contributed by atoms with Crippen molar-refractivity contribution in [2.24, 2.45) is 0 Å². The Balaban J connectivity index is 1.35. The van der Waals surface area contributed by atoms with E-state index in [-0.39, 0.29) is 52.2 Å². The van der Waals surface area contributed by atoms with E-state index in [0.29, 0.717) is 34.3 Å². The number of fused-ring (bicyclic) bond motifs is 1. The zero-order valence-corrected chi connectivity index (χ0v) is 24.6. The summed E-state index contributed by atoms with van der Waals surface area (Å²) < 4.78 is 73.5. The van der Waals surface area contributed by atoms with Gasteiger partial charge in [-0.1, -0.05) is 11.6 Å². The van der Waals surface area contributed by atoms with Crippen LogP contribution in [0.5, 0.6) is 0 Å². The number of ether oxygens (including phenoxy) is 1. The number of anilines is 3. The SMILES string of the molecule is CC1CN(c2ccc(Nc3ncc(C(F)(F)F)c(-c4cc5c(s4)C(=O)N(C4COC4)CCS5(=O)=O)n3)c(Cl)c2)CCN1. The van der Waals surface area contributed by atoms with Crippen molar-refractivity contribution in [2.45, 2.75) is 30.1 Å². The number of piperazine rings is 1. The third-order valence-corrected chi connectivity index (χ3v) is 10.7. The average molecular weight is 643 g/mol. The van der Waals surface area contributed by atoms with Crippen LogP contribution in [0.25, 0.3) is 10.6 Å². The fraction of sp³-hybridized carbons (Fsp3) is 0.423. The topological polar surface area (TPSA) is 117 Å². The third kappa shape index (κ3) is 5.55. The summed E-state index contributed by atoms with van der Waals surface area (Å²) in [6.45, 7) is 5.03. The number of nitrogens with zero attached hydrogens (tertiary/aromatic N) is 4. The quantitative estimate of drug-likeness (QED) is 0.425. The van der Waals surface area contributed by atoms with E-state index in [2.05, 4.69) is 32.4 Å². The molecule has 0 saturated carbocycles. The number of halogens is 4. The van der Waals surface area contributed by atoms with Crippen molar-refractivity contribution < 1.29 is 31.1 Å². The molecule has 16 heteroatoms. The molecule has 0 aliphatic carbocycles. The Labute approximate surface area is 248 Å².